The Balaban J connectivity index is 2.21. The van der Waals surface area contributed by atoms with Gasteiger partial charge in [-0.3, -0.25) is 4.79 Å². The summed E-state index contributed by atoms with van der Waals surface area (Å²) in [5.41, 5.74) is 0.465. The number of hydrogen-bond donors (Lipinski definition) is 0. The summed E-state index contributed by atoms with van der Waals surface area (Å²) in [5.74, 6) is 1.59. The van der Waals surface area contributed by atoms with Crippen LogP contribution in [-0.2, 0) is 4.79 Å². The largest absolute Gasteiger partial charge is 0.451 e. The molecule has 0 amide bonds. The van der Waals surface area contributed by atoms with Gasteiger partial charge in [0.15, 0.2) is 3.77 Å². The molecule has 0 atom stereocenters. The number of furan rings is 1. The highest BCUT2D eigenvalue weighted by Crippen LogP contribution is 2.30. The van der Waals surface area contributed by atoms with E-state index in [1.807, 2.05) is 19.1 Å². The molecule has 3 nitrogen and oxygen atoms in total. The first-order valence-corrected chi connectivity index (χ1v) is 7.48. The third-order valence-corrected chi connectivity index (χ3v) is 4.21. The number of carbonyl (C=O) groups excluding carboxylic acids is 1. The molecular formula is C10H8INO2S2. The van der Waals surface area contributed by atoms with Gasteiger partial charge in [0.1, 0.15) is 15.8 Å². The maximum Gasteiger partial charge on any atom is 0.244 e. The Morgan fingerprint density at radius 1 is 1.62 bits per heavy atom. The minimum Gasteiger partial charge on any atom is -0.451 e. The molecule has 0 radical (unpaired) electrons. The Kier molecular flexibility index (Phi) is 4.15. The van der Waals surface area contributed by atoms with E-state index < -0.39 is 0 Å². The molecule has 0 N–H and O–H groups in total. The summed E-state index contributed by atoms with van der Waals surface area (Å²) in [6, 6.07) is 3.68. The standard InChI is InChI=1S/C10H8INO2S2/c1-2-15-10-12-7(9(13)16-10)5-6-3-4-8(11)14-6/h3-5H,2H2,1H3/b7-5+. The molecular weight excluding hydrogens is 357 g/mol. The van der Waals surface area contributed by atoms with Gasteiger partial charge in [0.25, 0.3) is 0 Å². The van der Waals surface area contributed by atoms with Gasteiger partial charge < -0.3 is 4.42 Å². The van der Waals surface area contributed by atoms with E-state index in [9.17, 15) is 4.79 Å². The average molecular weight is 365 g/mol. The molecule has 1 aromatic heterocycles. The van der Waals surface area contributed by atoms with Crippen LogP contribution < -0.4 is 0 Å². The summed E-state index contributed by atoms with van der Waals surface area (Å²) >= 11 is 4.85. The van der Waals surface area contributed by atoms with E-state index in [0.29, 0.717) is 11.5 Å². The van der Waals surface area contributed by atoms with Crippen LogP contribution in [0.15, 0.2) is 27.2 Å². The van der Waals surface area contributed by atoms with E-state index in [0.717, 1.165) is 13.9 Å². The fourth-order valence-corrected chi connectivity index (χ4v) is 3.29. The van der Waals surface area contributed by atoms with E-state index in [2.05, 4.69) is 27.6 Å². The maximum atomic E-state index is 11.6. The first-order chi connectivity index (χ1) is 7.69. The number of halogens is 1. The summed E-state index contributed by atoms with van der Waals surface area (Å²) in [6.07, 6.45) is 1.68. The van der Waals surface area contributed by atoms with Crippen molar-refractivity contribution < 1.29 is 9.21 Å². The molecule has 0 saturated carbocycles. The van der Waals surface area contributed by atoms with E-state index in [-0.39, 0.29) is 5.12 Å². The van der Waals surface area contributed by atoms with Crippen molar-refractivity contribution in [3.8, 4) is 0 Å². The number of carbonyl (C=O) groups is 1. The first kappa shape index (κ1) is 12.3. The Bertz CT molecular complexity index is 479. The number of thioether (sulfide) groups is 2. The molecule has 16 heavy (non-hydrogen) atoms. The second kappa shape index (κ2) is 5.42. The van der Waals surface area contributed by atoms with Crippen molar-refractivity contribution in [2.75, 3.05) is 5.75 Å². The molecule has 2 heterocycles. The van der Waals surface area contributed by atoms with E-state index in [4.69, 9.17) is 4.42 Å². The quantitative estimate of drug-likeness (QED) is 0.593. The second-order valence-corrected chi connectivity index (χ2v) is 6.41. The molecule has 0 bridgehead atoms. The number of aliphatic imine (C=N–C) groups is 1. The normalized spacial score (nSPS) is 18.2. The minimum atomic E-state index is -0.0117. The van der Waals surface area contributed by atoms with Gasteiger partial charge in [0, 0.05) is 6.08 Å². The lowest BCUT2D eigenvalue weighted by Crippen LogP contribution is -1.87. The predicted octanol–water partition coefficient (Wildman–Crippen LogP) is 3.61. The third kappa shape index (κ3) is 2.92. The second-order valence-electron chi connectivity index (χ2n) is 2.87. The summed E-state index contributed by atoms with van der Waals surface area (Å²) < 4.78 is 6.98. The van der Waals surface area contributed by atoms with Crippen LogP contribution in [0.4, 0.5) is 0 Å². The van der Waals surface area contributed by atoms with Gasteiger partial charge in [-0.2, -0.15) is 0 Å². The van der Waals surface area contributed by atoms with Crippen molar-refractivity contribution in [3.05, 3.63) is 27.4 Å². The molecule has 1 aliphatic heterocycles. The third-order valence-electron chi connectivity index (χ3n) is 1.74. The lowest BCUT2D eigenvalue weighted by molar-refractivity contribution is -0.107. The SMILES string of the molecule is CCSC1=N/C(=C/c2ccc(I)o2)C(=O)S1. The lowest BCUT2D eigenvalue weighted by Gasteiger charge is -1.89. The van der Waals surface area contributed by atoms with Gasteiger partial charge in [-0.25, -0.2) is 4.99 Å². The zero-order valence-electron chi connectivity index (χ0n) is 8.40. The van der Waals surface area contributed by atoms with Crippen molar-refractivity contribution in [3.63, 3.8) is 0 Å². The molecule has 0 unspecified atom stereocenters. The molecule has 0 aliphatic carbocycles. The summed E-state index contributed by atoms with van der Waals surface area (Å²) in [5, 5.41) is -0.0117. The zero-order valence-corrected chi connectivity index (χ0v) is 12.2. The van der Waals surface area contributed by atoms with Crippen molar-refractivity contribution >= 4 is 61.7 Å². The van der Waals surface area contributed by atoms with Gasteiger partial charge in [-0.1, -0.05) is 18.7 Å². The Morgan fingerprint density at radius 3 is 3.06 bits per heavy atom. The zero-order chi connectivity index (χ0) is 11.5. The first-order valence-electron chi connectivity index (χ1n) is 4.59. The molecule has 0 aromatic carbocycles. The van der Waals surface area contributed by atoms with Crippen LogP contribution in [-0.4, -0.2) is 15.2 Å². The Labute approximate surface area is 115 Å². The van der Waals surface area contributed by atoms with Crippen molar-refractivity contribution in [2.24, 2.45) is 4.99 Å². The van der Waals surface area contributed by atoms with Crippen LogP contribution >= 0.6 is 46.1 Å². The van der Waals surface area contributed by atoms with E-state index >= 15 is 0 Å². The van der Waals surface area contributed by atoms with Crippen molar-refractivity contribution in [2.45, 2.75) is 6.92 Å². The summed E-state index contributed by atoms with van der Waals surface area (Å²) in [6.45, 7) is 2.04. The molecule has 2 rings (SSSR count). The van der Waals surface area contributed by atoms with Crippen LogP contribution in [0, 0.1) is 3.77 Å². The van der Waals surface area contributed by atoms with Crippen molar-refractivity contribution in [1.29, 1.82) is 0 Å². The van der Waals surface area contributed by atoms with Gasteiger partial charge >= 0.3 is 0 Å². The monoisotopic (exact) mass is 365 g/mol. The molecule has 1 aromatic rings. The van der Waals surface area contributed by atoms with Gasteiger partial charge in [-0.05, 0) is 52.2 Å². The Morgan fingerprint density at radius 2 is 2.44 bits per heavy atom. The number of hydrogen-bond acceptors (Lipinski definition) is 5. The summed E-state index contributed by atoms with van der Waals surface area (Å²) in [7, 11) is 0. The van der Waals surface area contributed by atoms with E-state index in [1.54, 1.807) is 17.8 Å². The summed E-state index contributed by atoms with van der Waals surface area (Å²) in [4.78, 5) is 15.8. The smallest absolute Gasteiger partial charge is 0.244 e. The van der Waals surface area contributed by atoms with Gasteiger partial charge in [-0.15, -0.1) is 0 Å². The lowest BCUT2D eigenvalue weighted by atomic mass is 10.3. The van der Waals surface area contributed by atoms with Crippen LogP contribution in [0.3, 0.4) is 0 Å². The molecule has 1 aliphatic rings. The highest BCUT2D eigenvalue weighted by molar-refractivity contribution is 14.1. The molecule has 6 heteroatoms. The van der Waals surface area contributed by atoms with Crippen LogP contribution in [0.2, 0.25) is 0 Å². The van der Waals surface area contributed by atoms with Crippen molar-refractivity contribution in [1.82, 2.24) is 0 Å². The van der Waals surface area contributed by atoms with Crippen LogP contribution in [0.1, 0.15) is 12.7 Å². The molecule has 0 saturated heterocycles. The Hall–Kier alpha value is -0.210. The number of rotatable bonds is 2. The highest BCUT2D eigenvalue weighted by atomic mass is 127. The molecule has 0 fully saturated rings. The molecule has 84 valence electrons. The topological polar surface area (TPSA) is 42.6 Å². The van der Waals surface area contributed by atoms with Gasteiger partial charge in [0.2, 0.25) is 5.12 Å². The average Bonchev–Trinajstić information content (AvgIpc) is 2.76. The maximum absolute atomic E-state index is 11.6. The fourth-order valence-electron chi connectivity index (χ4n) is 1.12. The van der Waals surface area contributed by atoms with E-state index in [1.165, 1.54) is 11.8 Å². The van der Waals surface area contributed by atoms with Crippen LogP contribution in [0.5, 0.6) is 0 Å². The molecule has 0 spiro atoms. The number of nitrogens with zero attached hydrogens (tertiary/aromatic N) is 1. The van der Waals surface area contributed by atoms with Gasteiger partial charge in [0.05, 0.1) is 0 Å². The van der Waals surface area contributed by atoms with Crippen LogP contribution in [0.25, 0.3) is 6.08 Å². The highest BCUT2D eigenvalue weighted by Gasteiger charge is 2.22. The minimum absolute atomic E-state index is 0.0117. The fraction of sp³-hybridized carbons (Fsp3) is 0.200. The predicted molar refractivity (Wildman–Crippen MR) is 77.6 cm³/mol.